The summed E-state index contributed by atoms with van der Waals surface area (Å²) in [7, 11) is 6.01. The molecule has 1 amide bonds. The molecule has 3 aliphatic rings. The van der Waals surface area contributed by atoms with E-state index in [-0.39, 0.29) is 11.5 Å². The monoisotopic (exact) mass is 686 g/mol. The van der Waals surface area contributed by atoms with Crippen LogP contribution in [0.15, 0.2) is 65.4 Å². The third-order valence-corrected chi connectivity index (χ3v) is 14.9. The third-order valence-electron chi connectivity index (χ3n) is 9.63. The Labute approximate surface area is 290 Å². The zero-order valence-electron chi connectivity index (χ0n) is 29.3. The molecule has 5 rings (SSSR count). The summed E-state index contributed by atoms with van der Waals surface area (Å²) in [6.07, 6.45) is 10.2. The highest BCUT2D eigenvalue weighted by Gasteiger charge is 2.47. The van der Waals surface area contributed by atoms with Crippen molar-refractivity contribution >= 4 is 42.1 Å². The zero-order valence-corrected chi connectivity index (χ0v) is 30.3. The molecule has 1 saturated heterocycles. The molecule has 2 aromatic carbocycles. The minimum atomic E-state index is -2.21. The van der Waals surface area contributed by atoms with E-state index in [9.17, 15) is 14.7 Å². The standard InChI is InChI=1S/C38H50N4O6Si/c1-41(2)28-9-12-31-34(25-28)49(22-6-5-7-23-49)35-26-29(42(3)4)10-13-32(35)36(31)33-24-27(8-11-30(33)38(44)45)37(43)40-15-17-47-19-21-48-20-18-46-16-14-39/h8-13,24-26H,5-7,14-23,39H2,1-4H3,(H-,40,43,44,45). The SMILES string of the molecule is CN(C)c1ccc2c(c1)[Si]1(CCCCC1)C1=CC(=[N+](C)C)C=CC1=C2c1cc(C(=O)NCCOCCOCCOCCN)ccc1C(=O)[O-]. The summed E-state index contributed by atoms with van der Waals surface area (Å²) in [6.45, 7) is 3.37. The topological polar surface area (TPSA) is 129 Å². The van der Waals surface area contributed by atoms with Gasteiger partial charge in [-0.05, 0) is 75.1 Å². The van der Waals surface area contributed by atoms with E-state index in [1.165, 1.54) is 35.7 Å². The molecule has 3 N–H and O–H groups in total. The highest BCUT2D eigenvalue weighted by atomic mass is 28.3. The molecule has 11 heteroatoms. The van der Waals surface area contributed by atoms with E-state index >= 15 is 0 Å². The van der Waals surface area contributed by atoms with Crippen LogP contribution >= 0.6 is 0 Å². The van der Waals surface area contributed by atoms with Crippen LogP contribution in [-0.4, -0.2) is 111 Å². The Hall–Kier alpha value is -3.87. The largest absolute Gasteiger partial charge is 0.545 e. The van der Waals surface area contributed by atoms with Gasteiger partial charge in [-0.2, -0.15) is 0 Å². The number of nitrogens with one attached hydrogen (secondary N) is 1. The van der Waals surface area contributed by atoms with E-state index < -0.39 is 14.0 Å². The van der Waals surface area contributed by atoms with Gasteiger partial charge in [0, 0.05) is 56.2 Å². The normalized spacial score (nSPS) is 16.3. The molecule has 2 aromatic rings. The first-order chi connectivity index (χ1) is 23.7. The predicted molar refractivity (Wildman–Crippen MR) is 195 cm³/mol. The Kier molecular flexibility index (Phi) is 12.4. The van der Waals surface area contributed by atoms with Gasteiger partial charge in [0.15, 0.2) is 5.71 Å². The van der Waals surface area contributed by atoms with Crippen LogP contribution in [-0.2, 0) is 14.2 Å². The van der Waals surface area contributed by atoms with Crippen LogP contribution in [0.25, 0.3) is 5.57 Å². The Morgan fingerprint density at radius 3 is 2.24 bits per heavy atom. The first-order valence-electron chi connectivity index (χ1n) is 17.3. The summed E-state index contributed by atoms with van der Waals surface area (Å²) in [4.78, 5) is 28.2. The number of benzene rings is 2. The molecule has 0 radical (unpaired) electrons. The van der Waals surface area contributed by atoms with Crippen LogP contribution < -0.4 is 26.2 Å². The number of carbonyl (C=O) groups excluding carboxylic acids is 2. The van der Waals surface area contributed by atoms with Gasteiger partial charge in [0.2, 0.25) is 0 Å². The molecule has 49 heavy (non-hydrogen) atoms. The second kappa shape index (κ2) is 16.7. The van der Waals surface area contributed by atoms with Crippen molar-refractivity contribution in [3.63, 3.8) is 0 Å². The first kappa shape index (κ1) is 36.4. The molecule has 0 unspecified atom stereocenters. The van der Waals surface area contributed by atoms with Crippen LogP contribution in [0, 0.1) is 0 Å². The average molecular weight is 687 g/mol. The lowest BCUT2D eigenvalue weighted by Gasteiger charge is -2.45. The number of anilines is 1. The first-order valence-corrected chi connectivity index (χ1v) is 19.7. The van der Waals surface area contributed by atoms with Gasteiger partial charge in [-0.25, -0.2) is 4.58 Å². The maximum absolute atomic E-state index is 13.4. The number of carbonyl (C=O) groups is 2. The van der Waals surface area contributed by atoms with Gasteiger partial charge in [0.05, 0.1) is 45.6 Å². The number of hydrogen-bond donors (Lipinski definition) is 2. The smallest absolute Gasteiger partial charge is 0.251 e. The number of aromatic carboxylic acids is 1. The third kappa shape index (κ3) is 8.13. The molecule has 0 bridgehead atoms. The number of allylic oxidation sites excluding steroid dienone is 5. The van der Waals surface area contributed by atoms with Crippen molar-refractivity contribution in [2.24, 2.45) is 5.73 Å². The minimum Gasteiger partial charge on any atom is -0.545 e. The van der Waals surface area contributed by atoms with Crippen molar-refractivity contribution in [1.29, 1.82) is 0 Å². The van der Waals surface area contributed by atoms with Gasteiger partial charge < -0.3 is 40.1 Å². The lowest BCUT2D eigenvalue weighted by Crippen LogP contribution is -2.55. The molecular weight excluding hydrogens is 637 g/mol. The van der Waals surface area contributed by atoms with Gasteiger partial charge in [-0.15, -0.1) is 0 Å². The number of carboxylic acids is 1. The van der Waals surface area contributed by atoms with Crippen LogP contribution in [0.3, 0.4) is 0 Å². The second-order valence-electron chi connectivity index (χ2n) is 13.2. The van der Waals surface area contributed by atoms with Gasteiger partial charge in [-0.3, -0.25) is 4.79 Å². The molecule has 2 aliphatic heterocycles. The fourth-order valence-corrected chi connectivity index (χ4v) is 12.8. The van der Waals surface area contributed by atoms with Crippen molar-refractivity contribution in [3.8, 4) is 0 Å². The van der Waals surface area contributed by atoms with E-state index in [0.29, 0.717) is 63.9 Å². The maximum Gasteiger partial charge on any atom is 0.251 e. The number of ether oxygens (including phenoxy) is 3. The number of fused-ring (bicyclic) bond motifs is 4. The van der Waals surface area contributed by atoms with E-state index in [2.05, 4.69) is 79.4 Å². The Balaban J connectivity index is 1.47. The number of amides is 1. The highest BCUT2D eigenvalue weighted by Crippen LogP contribution is 2.48. The second-order valence-corrected chi connectivity index (χ2v) is 17.4. The average Bonchev–Trinajstić information content (AvgIpc) is 3.10. The van der Waals surface area contributed by atoms with Crippen molar-refractivity contribution in [3.05, 3.63) is 87.6 Å². The Morgan fingerprint density at radius 2 is 1.59 bits per heavy atom. The molecule has 0 atom stereocenters. The van der Waals surface area contributed by atoms with Crippen LogP contribution in [0.2, 0.25) is 12.1 Å². The Morgan fingerprint density at radius 1 is 0.898 bits per heavy atom. The van der Waals surface area contributed by atoms with E-state index in [0.717, 1.165) is 40.2 Å². The minimum absolute atomic E-state index is 0.0647. The number of nitrogens with two attached hydrogens (primary N) is 1. The van der Waals surface area contributed by atoms with Gasteiger partial charge in [-0.1, -0.05) is 31.4 Å². The van der Waals surface area contributed by atoms with E-state index in [1.54, 1.807) is 12.1 Å². The predicted octanol–water partition coefficient (Wildman–Crippen LogP) is 2.26. The van der Waals surface area contributed by atoms with Gasteiger partial charge in [0.25, 0.3) is 5.91 Å². The summed E-state index contributed by atoms with van der Waals surface area (Å²) in [5.74, 6) is -1.58. The zero-order chi connectivity index (χ0) is 35.0. The summed E-state index contributed by atoms with van der Waals surface area (Å²) in [5, 5.41) is 18.3. The van der Waals surface area contributed by atoms with Crippen LogP contribution in [0.1, 0.15) is 51.1 Å². The van der Waals surface area contributed by atoms with Crippen LogP contribution in [0.5, 0.6) is 0 Å². The van der Waals surface area contributed by atoms with Crippen molar-refractivity contribution < 1.29 is 33.5 Å². The van der Waals surface area contributed by atoms with Crippen molar-refractivity contribution in [2.45, 2.75) is 31.4 Å². The summed E-state index contributed by atoms with van der Waals surface area (Å²) in [6, 6.07) is 13.7. The molecular formula is C38H50N4O6Si. The molecule has 1 fully saturated rings. The van der Waals surface area contributed by atoms with E-state index in [1.807, 2.05) is 0 Å². The van der Waals surface area contributed by atoms with Crippen molar-refractivity contribution in [1.82, 2.24) is 5.32 Å². The highest BCUT2D eigenvalue weighted by molar-refractivity contribution is 7.00. The lowest BCUT2D eigenvalue weighted by molar-refractivity contribution is -0.462. The summed E-state index contributed by atoms with van der Waals surface area (Å²) < 4.78 is 18.5. The molecule has 0 aromatic heterocycles. The quantitative estimate of drug-likeness (QED) is 0.166. The number of hydrogen-bond acceptors (Lipinski definition) is 8. The molecule has 262 valence electrons. The summed E-state index contributed by atoms with van der Waals surface area (Å²) >= 11 is 0. The van der Waals surface area contributed by atoms with Crippen molar-refractivity contribution in [2.75, 3.05) is 85.8 Å². The molecule has 0 saturated carbocycles. The fourth-order valence-electron chi connectivity index (χ4n) is 7.16. The molecule has 10 nitrogen and oxygen atoms in total. The molecule has 1 aliphatic carbocycles. The maximum atomic E-state index is 13.4. The van der Waals surface area contributed by atoms with E-state index in [4.69, 9.17) is 19.9 Å². The van der Waals surface area contributed by atoms with Gasteiger partial charge >= 0.3 is 0 Å². The molecule has 1 spiro atoms. The van der Waals surface area contributed by atoms with Crippen LogP contribution in [0.4, 0.5) is 5.69 Å². The number of rotatable bonds is 15. The lowest BCUT2D eigenvalue weighted by atomic mass is 9.86. The fraction of sp³-hybridized carbons (Fsp3) is 0.447. The molecule has 2 heterocycles. The summed E-state index contributed by atoms with van der Waals surface area (Å²) in [5.41, 5.74) is 11.5. The number of nitrogens with zero attached hydrogens (tertiary/aromatic N) is 2. The number of carboxylic acid groups (broad SMARTS) is 1. The Bertz CT molecular complexity index is 1670. The van der Waals surface area contributed by atoms with Gasteiger partial charge in [0.1, 0.15) is 22.2 Å².